The van der Waals surface area contributed by atoms with E-state index in [1.54, 1.807) is 24.4 Å². The Balaban J connectivity index is 0.000000182. The number of rotatable bonds is 5. The highest BCUT2D eigenvalue weighted by molar-refractivity contribution is 14.1. The number of anilines is 3. The molecule has 0 saturated heterocycles. The predicted molar refractivity (Wildman–Crippen MR) is 187 cm³/mol. The van der Waals surface area contributed by atoms with Crippen LogP contribution in [-0.4, -0.2) is 46.0 Å². The van der Waals surface area contributed by atoms with Gasteiger partial charge in [-0.25, -0.2) is 19.5 Å². The first-order valence-electron chi connectivity index (χ1n) is 13.8. The summed E-state index contributed by atoms with van der Waals surface area (Å²) >= 11 is 4.99. The number of halogens is 4. The molecule has 7 aromatic rings. The second kappa shape index (κ2) is 13.3. The van der Waals surface area contributed by atoms with Crippen LogP contribution in [0, 0.1) is 3.70 Å². The van der Waals surface area contributed by atoms with Crippen LogP contribution in [0.2, 0.25) is 0 Å². The third kappa shape index (κ3) is 7.14. The number of nitrogens with zero attached hydrogens (tertiary/aromatic N) is 7. The Morgan fingerprint density at radius 1 is 0.771 bits per heavy atom. The molecule has 0 aliphatic rings. The summed E-state index contributed by atoms with van der Waals surface area (Å²) in [5.41, 5.74) is 8.01. The number of pyridine rings is 1. The predicted octanol–water partition coefficient (Wildman–Crippen LogP) is 7.10. The quantitative estimate of drug-likeness (QED) is 0.156. The number of nitrogens with two attached hydrogens (primary N) is 1. The van der Waals surface area contributed by atoms with Crippen molar-refractivity contribution in [3.8, 4) is 32.4 Å². The molecule has 0 radical (unpaired) electrons. The number of nitrogens with one attached hydrogen (secondary N) is 2. The number of carbonyl (C=O) groups excluding carboxylic acids is 2. The van der Waals surface area contributed by atoms with Crippen molar-refractivity contribution >= 4 is 84.2 Å². The van der Waals surface area contributed by atoms with Crippen LogP contribution in [0.4, 0.5) is 30.4 Å². The Labute approximate surface area is 291 Å². The van der Waals surface area contributed by atoms with E-state index < -0.39 is 17.6 Å². The Hall–Kier alpha value is -4.95. The average Bonchev–Trinajstić information content (AvgIpc) is 3.80. The van der Waals surface area contributed by atoms with E-state index in [1.807, 2.05) is 34.8 Å². The first kappa shape index (κ1) is 33.0. The summed E-state index contributed by atoms with van der Waals surface area (Å²) in [7, 11) is 0. The number of hydrogen-bond donors (Lipinski definition) is 3. The monoisotopic (exact) mass is 802 g/mol. The molecule has 7 rings (SSSR count). The molecule has 0 unspecified atom stereocenters. The number of hydrogen-bond acceptors (Lipinski definition) is 10. The number of imidazole rings is 2. The van der Waals surface area contributed by atoms with Crippen molar-refractivity contribution in [1.82, 2.24) is 34.2 Å². The number of amides is 2. The number of alkyl halides is 3. The minimum Gasteiger partial charge on any atom is -0.383 e. The average molecular weight is 803 g/mol. The van der Waals surface area contributed by atoms with Gasteiger partial charge in [-0.2, -0.15) is 27.9 Å². The zero-order valence-corrected chi connectivity index (χ0v) is 28.6. The molecule has 0 fully saturated rings. The second-order valence-electron chi connectivity index (χ2n) is 10.1. The van der Waals surface area contributed by atoms with Crippen LogP contribution in [-0.2, 0) is 15.8 Å². The zero-order chi connectivity index (χ0) is 34.2. The van der Waals surface area contributed by atoms with E-state index in [-0.39, 0.29) is 17.4 Å². The fourth-order valence-electron chi connectivity index (χ4n) is 4.50. The van der Waals surface area contributed by atoms with Crippen LogP contribution >= 0.6 is 45.3 Å². The molecule has 244 valence electrons. The van der Waals surface area contributed by atoms with Crippen LogP contribution in [0.25, 0.3) is 42.3 Å². The number of carbonyl (C=O) groups is 2. The summed E-state index contributed by atoms with van der Waals surface area (Å²) in [6.45, 7) is 2.90. The Morgan fingerprint density at radius 3 is 1.85 bits per heavy atom. The van der Waals surface area contributed by atoms with Gasteiger partial charge in [0, 0.05) is 48.1 Å². The lowest BCUT2D eigenvalue weighted by Crippen LogP contribution is -2.10. The molecular weight excluding hydrogens is 780 g/mol. The normalized spacial score (nSPS) is 11.4. The van der Waals surface area contributed by atoms with E-state index in [0.29, 0.717) is 21.3 Å². The van der Waals surface area contributed by atoms with Gasteiger partial charge in [0.2, 0.25) is 21.7 Å². The molecule has 5 aromatic heterocycles. The van der Waals surface area contributed by atoms with Gasteiger partial charge in [-0.3, -0.25) is 9.59 Å². The van der Waals surface area contributed by atoms with Crippen LogP contribution < -0.4 is 16.4 Å². The van der Waals surface area contributed by atoms with Gasteiger partial charge in [-0.1, -0.05) is 46.9 Å². The maximum absolute atomic E-state index is 13.2. The first-order valence-corrected chi connectivity index (χ1v) is 16.5. The summed E-state index contributed by atoms with van der Waals surface area (Å²) in [5.74, 6) is -0.869. The minimum atomic E-state index is -4.62. The van der Waals surface area contributed by atoms with Crippen molar-refractivity contribution in [3.05, 3.63) is 82.5 Å². The summed E-state index contributed by atoms with van der Waals surface area (Å²) in [6.07, 6.45) is -0.140. The van der Waals surface area contributed by atoms with E-state index in [1.165, 1.54) is 53.4 Å². The molecule has 4 N–H and O–H groups in total. The maximum Gasteiger partial charge on any atom is 0.419 e. The van der Waals surface area contributed by atoms with Gasteiger partial charge in [0.05, 0.1) is 23.7 Å². The number of nitrogen functional groups attached to an aromatic ring is 1. The van der Waals surface area contributed by atoms with E-state index in [9.17, 15) is 22.8 Å². The van der Waals surface area contributed by atoms with E-state index in [0.717, 1.165) is 36.5 Å². The lowest BCUT2D eigenvalue weighted by Gasteiger charge is -2.10. The Bertz CT molecular complexity index is 2310. The lowest BCUT2D eigenvalue weighted by atomic mass is 10.1. The minimum absolute atomic E-state index is 0.0827. The van der Waals surface area contributed by atoms with Gasteiger partial charge in [0.25, 0.3) is 0 Å². The fourth-order valence-corrected chi connectivity index (χ4v) is 6.88. The van der Waals surface area contributed by atoms with Gasteiger partial charge in [-0.05, 0) is 52.9 Å². The third-order valence-electron chi connectivity index (χ3n) is 6.51. The van der Waals surface area contributed by atoms with Gasteiger partial charge >= 0.3 is 6.18 Å². The highest BCUT2D eigenvalue weighted by Crippen LogP contribution is 2.36. The van der Waals surface area contributed by atoms with Gasteiger partial charge in [0.1, 0.15) is 19.5 Å². The highest BCUT2D eigenvalue weighted by atomic mass is 127. The van der Waals surface area contributed by atoms with Gasteiger partial charge in [-0.15, -0.1) is 0 Å². The Morgan fingerprint density at radius 2 is 1.31 bits per heavy atom. The van der Waals surface area contributed by atoms with Crippen molar-refractivity contribution < 1.29 is 22.8 Å². The van der Waals surface area contributed by atoms with Crippen LogP contribution in [0.1, 0.15) is 19.4 Å². The highest BCUT2D eigenvalue weighted by Gasteiger charge is 2.34. The molecule has 0 bridgehead atoms. The van der Waals surface area contributed by atoms with Gasteiger partial charge < -0.3 is 16.4 Å². The maximum atomic E-state index is 13.2. The Kier molecular flexibility index (Phi) is 9.12. The topological polar surface area (TPSA) is 157 Å². The molecule has 2 amide bonds. The van der Waals surface area contributed by atoms with Crippen LogP contribution in [0.15, 0.2) is 73.2 Å². The molecule has 0 atom stereocenters. The van der Waals surface area contributed by atoms with E-state index in [2.05, 4.69) is 58.4 Å². The molecule has 2 aromatic carbocycles. The van der Waals surface area contributed by atoms with Crippen LogP contribution in [0.5, 0.6) is 0 Å². The first-order chi connectivity index (χ1) is 22.9. The summed E-state index contributed by atoms with van der Waals surface area (Å²) in [4.78, 5) is 35.9. The molecule has 5 heterocycles. The van der Waals surface area contributed by atoms with Crippen LogP contribution in [0.3, 0.4) is 0 Å². The van der Waals surface area contributed by atoms with Crippen molar-refractivity contribution in [2.45, 2.75) is 20.0 Å². The molecule has 0 saturated carbocycles. The van der Waals surface area contributed by atoms with Crippen molar-refractivity contribution in [1.29, 1.82) is 0 Å². The second-order valence-corrected chi connectivity index (χ2v) is 13.1. The SMILES string of the molecule is CC(=O)Nc1cccc(-c2nn3c(-c4cnc(N)c(C(F)(F)F)c4)cnc3s2)c1.CC(=O)Nc1cccc(-c2nn3c(I)cnc3s2)c1. The standard InChI is InChI=1S/C18H13F3N6OS.C12H9IN4OS/c1-9(28)25-12-4-2-3-10(5-12)16-26-27-14(8-24-17(27)29-16)11-6-13(18(19,20)21)15(22)23-7-11;1-7(18)15-9-4-2-3-8(5-9)11-16-17-10(13)6-14-12(17)19-11/h2-8H,1H3,(H2,22,23)(H,25,28);2-6H,1H3,(H,15,18). The largest absolute Gasteiger partial charge is 0.419 e. The van der Waals surface area contributed by atoms with E-state index >= 15 is 0 Å². The molecule has 0 aliphatic carbocycles. The molecule has 18 heteroatoms. The third-order valence-corrected chi connectivity index (χ3v) is 9.19. The zero-order valence-electron chi connectivity index (χ0n) is 24.8. The smallest absolute Gasteiger partial charge is 0.383 e. The van der Waals surface area contributed by atoms with Gasteiger partial charge in [0.15, 0.2) is 0 Å². The van der Waals surface area contributed by atoms with Crippen molar-refractivity contribution in [3.63, 3.8) is 0 Å². The molecular formula is C30H22F3IN10O2S2. The molecule has 0 spiro atoms. The fraction of sp³-hybridized carbons (Fsp3) is 0.100. The molecule has 0 aliphatic heterocycles. The number of fused-ring (bicyclic) bond motifs is 2. The summed E-state index contributed by atoms with van der Waals surface area (Å²) in [5, 5.41) is 15.9. The molecule has 48 heavy (non-hydrogen) atoms. The van der Waals surface area contributed by atoms with E-state index in [4.69, 9.17) is 5.73 Å². The lowest BCUT2D eigenvalue weighted by molar-refractivity contribution is -0.137. The van der Waals surface area contributed by atoms with Crippen molar-refractivity contribution in [2.24, 2.45) is 0 Å². The summed E-state index contributed by atoms with van der Waals surface area (Å²) < 4.78 is 43.7. The molecule has 12 nitrogen and oxygen atoms in total. The number of benzene rings is 2. The number of aromatic nitrogens is 7. The summed E-state index contributed by atoms with van der Waals surface area (Å²) in [6, 6.07) is 15.6. The van der Waals surface area contributed by atoms with Crippen molar-refractivity contribution in [2.75, 3.05) is 16.4 Å².